The van der Waals surface area contributed by atoms with Crippen LogP contribution in [-0.2, 0) is 0 Å². The Kier molecular flexibility index (Phi) is 3.82. The fourth-order valence-corrected chi connectivity index (χ4v) is 2.94. The molecule has 1 N–H and O–H groups in total. The lowest BCUT2D eigenvalue weighted by Crippen LogP contribution is -1.93. The van der Waals surface area contributed by atoms with Crippen molar-refractivity contribution in [2.45, 2.75) is 20.0 Å². The molecule has 0 spiro atoms. The second kappa shape index (κ2) is 6.15. The molecule has 4 rings (SSSR count). The van der Waals surface area contributed by atoms with Crippen molar-refractivity contribution in [1.29, 1.82) is 0 Å². The number of fused-ring (bicyclic) bond motifs is 1. The van der Waals surface area contributed by atoms with E-state index in [2.05, 4.69) is 41.3 Å². The summed E-state index contributed by atoms with van der Waals surface area (Å²) in [6.45, 7) is 3.84. The minimum Gasteiger partial charge on any atom is -0.389 e. The first-order chi connectivity index (χ1) is 12.1. The van der Waals surface area contributed by atoms with Crippen LogP contribution < -0.4 is 0 Å². The molecule has 4 nitrogen and oxygen atoms in total. The number of hydrogen-bond acceptors (Lipinski definition) is 3. The van der Waals surface area contributed by atoms with Crippen molar-refractivity contribution in [2.24, 2.45) is 0 Å². The third kappa shape index (κ3) is 2.92. The monoisotopic (exact) mass is 329 g/mol. The minimum absolute atomic E-state index is 0.497. The van der Waals surface area contributed by atoms with Gasteiger partial charge in [0.05, 0.1) is 12.3 Å². The van der Waals surface area contributed by atoms with Gasteiger partial charge in [0.25, 0.3) is 0 Å². The fourth-order valence-electron chi connectivity index (χ4n) is 2.94. The van der Waals surface area contributed by atoms with E-state index in [0.717, 1.165) is 33.5 Å². The van der Waals surface area contributed by atoms with Crippen molar-refractivity contribution in [1.82, 2.24) is 14.6 Å². The highest BCUT2D eigenvalue weighted by Gasteiger charge is 2.11. The number of aryl methyl sites for hydroxylation is 1. The van der Waals surface area contributed by atoms with Crippen LogP contribution in [-0.4, -0.2) is 19.7 Å². The lowest BCUT2D eigenvalue weighted by molar-refractivity contribution is 0.199. The van der Waals surface area contributed by atoms with E-state index in [1.165, 1.54) is 5.56 Å². The van der Waals surface area contributed by atoms with Gasteiger partial charge in [0.15, 0.2) is 5.65 Å². The van der Waals surface area contributed by atoms with E-state index < -0.39 is 6.10 Å². The maximum Gasteiger partial charge on any atom is 0.162 e. The Morgan fingerprint density at radius 3 is 2.52 bits per heavy atom. The second-order valence-corrected chi connectivity index (χ2v) is 6.34. The van der Waals surface area contributed by atoms with Crippen molar-refractivity contribution in [3.63, 3.8) is 0 Å². The first-order valence-electron chi connectivity index (χ1n) is 8.30. The number of hydrogen-bond donors (Lipinski definition) is 1. The zero-order valence-electron chi connectivity index (χ0n) is 14.2. The van der Waals surface area contributed by atoms with E-state index >= 15 is 0 Å². The highest BCUT2D eigenvalue weighted by atomic mass is 16.3. The molecule has 0 aliphatic heterocycles. The van der Waals surface area contributed by atoms with Gasteiger partial charge in [0.1, 0.15) is 0 Å². The molecule has 25 heavy (non-hydrogen) atoms. The molecule has 2 heterocycles. The molecule has 0 saturated heterocycles. The summed E-state index contributed by atoms with van der Waals surface area (Å²) >= 11 is 0. The molecular formula is C21H19N3O. The molecule has 4 aromatic rings. The normalized spacial score (nSPS) is 12.4. The fraction of sp³-hybridized carbons (Fsp3) is 0.143. The highest BCUT2D eigenvalue weighted by molar-refractivity contribution is 5.78. The number of nitrogens with zero attached hydrogens (tertiary/aromatic N) is 3. The predicted molar refractivity (Wildman–Crippen MR) is 99.2 cm³/mol. The van der Waals surface area contributed by atoms with Gasteiger partial charge >= 0.3 is 0 Å². The van der Waals surface area contributed by atoms with Crippen molar-refractivity contribution in [3.8, 4) is 22.3 Å². The highest BCUT2D eigenvalue weighted by Crippen LogP contribution is 2.27. The zero-order valence-corrected chi connectivity index (χ0v) is 14.2. The van der Waals surface area contributed by atoms with E-state index in [9.17, 15) is 5.11 Å². The first-order valence-corrected chi connectivity index (χ1v) is 8.30. The summed E-state index contributed by atoms with van der Waals surface area (Å²) in [4.78, 5) is 4.63. The van der Waals surface area contributed by atoms with E-state index in [4.69, 9.17) is 0 Å². The SMILES string of the molecule is Cc1ccc(-c2cnc3c(-c4cccc(C(C)O)c4)cnn3c2)cc1. The molecule has 2 aromatic heterocycles. The molecule has 0 fully saturated rings. The minimum atomic E-state index is -0.497. The number of rotatable bonds is 3. The molecule has 0 bridgehead atoms. The Bertz CT molecular complexity index is 1030. The quantitative estimate of drug-likeness (QED) is 0.605. The summed E-state index contributed by atoms with van der Waals surface area (Å²) in [5.41, 5.74) is 7.03. The molecule has 124 valence electrons. The zero-order chi connectivity index (χ0) is 17.4. The van der Waals surface area contributed by atoms with Crippen LogP contribution in [0.3, 0.4) is 0 Å². The largest absolute Gasteiger partial charge is 0.389 e. The molecule has 2 aromatic carbocycles. The Morgan fingerprint density at radius 2 is 1.76 bits per heavy atom. The maximum absolute atomic E-state index is 9.80. The van der Waals surface area contributed by atoms with Crippen LogP contribution in [0.5, 0.6) is 0 Å². The lowest BCUT2D eigenvalue weighted by Gasteiger charge is -2.07. The number of benzene rings is 2. The summed E-state index contributed by atoms with van der Waals surface area (Å²) in [5, 5.41) is 14.3. The van der Waals surface area contributed by atoms with Gasteiger partial charge in [-0.3, -0.25) is 0 Å². The average molecular weight is 329 g/mol. The summed E-state index contributed by atoms with van der Waals surface area (Å²) in [6, 6.07) is 16.2. The van der Waals surface area contributed by atoms with Crippen molar-refractivity contribution in [3.05, 3.63) is 78.2 Å². The van der Waals surface area contributed by atoms with Gasteiger partial charge in [0, 0.05) is 23.5 Å². The Balaban J connectivity index is 1.78. The molecule has 0 saturated carbocycles. The summed E-state index contributed by atoms with van der Waals surface area (Å²) in [7, 11) is 0. The number of aromatic nitrogens is 3. The van der Waals surface area contributed by atoms with E-state index in [-0.39, 0.29) is 0 Å². The summed E-state index contributed by atoms with van der Waals surface area (Å²) < 4.78 is 1.81. The number of aliphatic hydroxyl groups excluding tert-OH is 1. The predicted octanol–water partition coefficient (Wildman–Crippen LogP) is 4.43. The standard InChI is InChI=1S/C21H19N3O/c1-14-6-8-16(9-7-14)19-11-22-21-20(12-23-24(21)13-19)18-5-3-4-17(10-18)15(2)25/h3-13,15,25H,1-2H3. The van der Waals surface area contributed by atoms with Crippen LogP contribution in [0.2, 0.25) is 0 Å². The van der Waals surface area contributed by atoms with Crippen LogP contribution in [0.15, 0.2) is 67.1 Å². The number of aliphatic hydroxyl groups is 1. The van der Waals surface area contributed by atoms with Gasteiger partial charge in [-0.2, -0.15) is 5.10 Å². The van der Waals surface area contributed by atoms with Gasteiger partial charge < -0.3 is 5.11 Å². The van der Waals surface area contributed by atoms with Gasteiger partial charge in [-0.25, -0.2) is 9.50 Å². The van der Waals surface area contributed by atoms with Gasteiger partial charge in [0.2, 0.25) is 0 Å². The first kappa shape index (κ1) is 15.5. The lowest BCUT2D eigenvalue weighted by atomic mass is 10.0. The molecule has 0 radical (unpaired) electrons. The molecule has 0 amide bonds. The average Bonchev–Trinajstić information content (AvgIpc) is 3.05. The topological polar surface area (TPSA) is 50.4 Å². The smallest absolute Gasteiger partial charge is 0.162 e. The van der Waals surface area contributed by atoms with Crippen molar-refractivity contribution >= 4 is 5.65 Å². The van der Waals surface area contributed by atoms with Gasteiger partial charge in [-0.1, -0.05) is 48.0 Å². The third-order valence-corrected chi connectivity index (χ3v) is 4.42. The molecular weight excluding hydrogens is 310 g/mol. The third-order valence-electron chi connectivity index (χ3n) is 4.42. The van der Waals surface area contributed by atoms with E-state index in [1.54, 1.807) is 11.4 Å². The van der Waals surface area contributed by atoms with E-state index in [0.29, 0.717) is 0 Å². The molecule has 1 atom stereocenters. The van der Waals surface area contributed by atoms with Gasteiger partial charge in [-0.05, 0) is 36.6 Å². The van der Waals surface area contributed by atoms with Gasteiger partial charge in [-0.15, -0.1) is 0 Å². The summed E-state index contributed by atoms with van der Waals surface area (Å²) in [6.07, 6.45) is 5.20. The van der Waals surface area contributed by atoms with Crippen LogP contribution in [0.4, 0.5) is 0 Å². The molecule has 0 aliphatic rings. The Morgan fingerprint density at radius 1 is 0.960 bits per heavy atom. The van der Waals surface area contributed by atoms with Crippen LogP contribution in [0.1, 0.15) is 24.2 Å². The maximum atomic E-state index is 9.80. The van der Waals surface area contributed by atoms with E-state index in [1.807, 2.05) is 42.9 Å². The Hall–Kier alpha value is -2.98. The van der Waals surface area contributed by atoms with Crippen molar-refractivity contribution < 1.29 is 5.11 Å². The molecule has 4 heteroatoms. The Labute approximate surface area is 146 Å². The van der Waals surface area contributed by atoms with Crippen LogP contribution >= 0.6 is 0 Å². The van der Waals surface area contributed by atoms with Crippen LogP contribution in [0, 0.1) is 6.92 Å². The van der Waals surface area contributed by atoms with Crippen molar-refractivity contribution in [2.75, 3.05) is 0 Å². The second-order valence-electron chi connectivity index (χ2n) is 6.34. The molecule has 1 unspecified atom stereocenters. The van der Waals surface area contributed by atoms with Crippen LogP contribution in [0.25, 0.3) is 27.9 Å². The summed E-state index contributed by atoms with van der Waals surface area (Å²) in [5.74, 6) is 0. The molecule has 0 aliphatic carbocycles.